The number of hydrogen-bond donors (Lipinski definition) is 0. The van der Waals surface area contributed by atoms with Crippen LogP contribution in [-0.2, 0) is 15.7 Å². The molecule has 0 unspecified atom stereocenters. The lowest BCUT2D eigenvalue weighted by Crippen LogP contribution is -2.14. The highest BCUT2D eigenvalue weighted by Crippen LogP contribution is 2.33. The highest BCUT2D eigenvalue weighted by Gasteiger charge is 2.32. The molecule has 39 heavy (non-hydrogen) atoms. The molecular weight excluding hydrogens is 505 g/mol. The van der Waals surface area contributed by atoms with Gasteiger partial charge < -0.3 is 9.47 Å². The molecule has 0 heterocycles. The monoisotopic (exact) mass is 544 g/mol. The van der Waals surface area contributed by atoms with Crippen molar-refractivity contribution >= 4 is 11.9 Å². The summed E-state index contributed by atoms with van der Waals surface area (Å²) in [5.41, 5.74) is -1.25. The Kier molecular flexibility index (Phi) is 17.5. The quantitative estimate of drug-likeness (QED) is 0.111. The number of esters is 2. The van der Waals surface area contributed by atoms with Crippen molar-refractivity contribution in [3.63, 3.8) is 0 Å². The van der Waals surface area contributed by atoms with Gasteiger partial charge in [-0.1, -0.05) is 79.8 Å². The van der Waals surface area contributed by atoms with Gasteiger partial charge in [-0.05, 0) is 70.1 Å². The second-order valence-corrected chi connectivity index (χ2v) is 8.36. The van der Waals surface area contributed by atoms with Crippen molar-refractivity contribution in [2.75, 3.05) is 6.61 Å². The van der Waals surface area contributed by atoms with Crippen LogP contribution in [0.1, 0.15) is 81.1 Å². The summed E-state index contributed by atoms with van der Waals surface area (Å²) in [5, 5.41) is 0. The molecule has 7 heteroatoms. The normalized spacial score (nSPS) is 12.7. The first-order chi connectivity index (χ1) is 18.8. The van der Waals surface area contributed by atoms with E-state index in [1.807, 2.05) is 12.2 Å². The van der Waals surface area contributed by atoms with Gasteiger partial charge in [-0.3, -0.25) is 4.79 Å². The average molecular weight is 545 g/mol. The number of halogens is 3. The molecular formula is C32H39F3O4. The summed E-state index contributed by atoms with van der Waals surface area (Å²) in [7, 11) is 0. The fourth-order valence-corrected chi connectivity index (χ4v) is 3.18. The van der Waals surface area contributed by atoms with Crippen molar-refractivity contribution in [1.29, 1.82) is 0 Å². The van der Waals surface area contributed by atoms with Gasteiger partial charge in [-0.2, -0.15) is 13.2 Å². The zero-order valence-corrected chi connectivity index (χ0v) is 22.8. The number of carbonyl (C=O) groups is 2. The summed E-state index contributed by atoms with van der Waals surface area (Å²) in [6, 6.07) is 2.34. The van der Waals surface area contributed by atoms with Gasteiger partial charge in [0.1, 0.15) is 11.3 Å². The highest BCUT2D eigenvalue weighted by molar-refractivity contribution is 5.93. The van der Waals surface area contributed by atoms with E-state index in [0.29, 0.717) is 18.9 Å². The van der Waals surface area contributed by atoms with Gasteiger partial charge in [-0.15, -0.1) is 0 Å². The van der Waals surface area contributed by atoms with E-state index in [1.165, 1.54) is 0 Å². The molecule has 1 aromatic rings. The van der Waals surface area contributed by atoms with Gasteiger partial charge in [0.05, 0.1) is 12.2 Å². The van der Waals surface area contributed by atoms with Crippen molar-refractivity contribution < 1.29 is 32.2 Å². The molecule has 0 aliphatic heterocycles. The van der Waals surface area contributed by atoms with Crippen LogP contribution in [0.4, 0.5) is 13.2 Å². The summed E-state index contributed by atoms with van der Waals surface area (Å²) >= 11 is 0. The number of carbonyl (C=O) groups excluding carboxylic acids is 2. The van der Waals surface area contributed by atoms with Crippen molar-refractivity contribution in [1.82, 2.24) is 0 Å². The van der Waals surface area contributed by atoms with Crippen LogP contribution >= 0.6 is 0 Å². The summed E-state index contributed by atoms with van der Waals surface area (Å²) in [6.07, 6.45) is 26.1. The minimum atomic E-state index is -4.64. The van der Waals surface area contributed by atoms with Crippen LogP contribution in [0.5, 0.6) is 5.75 Å². The lowest BCUT2D eigenvalue weighted by molar-refractivity contribution is -0.139. The van der Waals surface area contributed by atoms with Crippen LogP contribution in [0, 0.1) is 0 Å². The number of hydrogen-bond acceptors (Lipinski definition) is 4. The van der Waals surface area contributed by atoms with Gasteiger partial charge in [-0.25, -0.2) is 4.79 Å². The minimum Gasteiger partial charge on any atom is -0.462 e. The standard InChI is InChI=1S/C32H39F3O4/c1-3-5-6-7-8-9-10-11-12-13-14-15-16-17-18-19-20-21-22-23-30(36)39-29-26-27(32(33,34)35)24-25-28(29)31(37)38-4-2/h5-6,8-9,11-12,14-15,17-18,20-21,24-26H,3-4,7,10,13,16,19,22-23H2,1-2H3. The molecule has 0 radical (unpaired) electrons. The molecule has 4 nitrogen and oxygen atoms in total. The Hall–Kier alpha value is -3.61. The van der Waals surface area contributed by atoms with Crippen molar-refractivity contribution in [3.05, 3.63) is 102 Å². The smallest absolute Gasteiger partial charge is 0.416 e. The third-order valence-corrected chi connectivity index (χ3v) is 5.14. The number of benzene rings is 1. The molecule has 0 N–H and O–H groups in total. The van der Waals surface area contributed by atoms with Crippen LogP contribution in [-0.4, -0.2) is 18.5 Å². The maximum atomic E-state index is 13.0. The second kappa shape index (κ2) is 20.4. The Bertz CT molecular complexity index is 1040. The first-order valence-electron chi connectivity index (χ1n) is 13.3. The van der Waals surface area contributed by atoms with Gasteiger partial charge in [0.25, 0.3) is 0 Å². The molecule has 1 aromatic carbocycles. The average Bonchev–Trinajstić information content (AvgIpc) is 2.89. The molecule has 0 saturated heterocycles. The van der Waals surface area contributed by atoms with Crippen LogP contribution in [0.15, 0.2) is 91.1 Å². The Morgan fingerprint density at radius 2 is 1.23 bits per heavy atom. The highest BCUT2D eigenvalue weighted by atomic mass is 19.4. The Morgan fingerprint density at radius 1 is 0.744 bits per heavy atom. The number of ether oxygens (including phenoxy) is 2. The first-order valence-corrected chi connectivity index (χ1v) is 13.3. The zero-order chi connectivity index (χ0) is 28.8. The molecule has 0 aliphatic rings. The zero-order valence-electron chi connectivity index (χ0n) is 22.8. The maximum Gasteiger partial charge on any atom is 0.416 e. The molecule has 0 amide bonds. The van der Waals surface area contributed by atoms with Gasteiger partial charge in [0.15, 0.2) is 0 Å². The largest absolute Gasteiger partial charge is 0.462 e. The van der Waals surface area contributed by atoms with Crippen LogP contribution < -0.4 is 4.74 Å². The number of alkyl halides is 3. The Morgan fingerprint density at radius 3 is 1.69 bits per heavy atom. The van der Waals surface area contributed by atoms with Crippen molar-refractivity contribution in [2.45, 2.75) is 71.4 Å². The SMILES string of the molecule is CCC=CCC=CCC=CCC=CCC=CCC=CCCC(=O)Oc1cc(C(F)(F)F)ccc1C(=O)OCC. The lowest BCUT2D eigenvalue weighted by Gasteiger charge is -2.13. The molecule has 0 saturated carbocycles. The Balaban J connectivity index is 2.34. The topological polar surface area (TPSA) is 52.6 Å². The molecule has 212 valence electrons. The molecule has 0 atom stereocenters. The van der Waals surface area contributed by atoms with Crippen molar-refractivity contribution in [2.24, 2.45) is 0 Å². The van der Waals surface area contributed by atoms with E-state index < -0.39 is 29.4 Å². The van der Waals surface area contributed by atoms with Gasteiger partial charge in [0.2, 0.25) is 0 Å². The van der Waals surface area contributed by atoms with E-state index >= 15 is 0 Å². The molecule has 0 fully saturated rings. The molecule has 0 spiro atoms. The Labute approximate surface area is 230 Å². The van der Waals surface area contributed by atoms with Crippen LogP contribution in [0.3, 0.4) is 0 Å². The van der Waals surface area contributed by atoms with E-state index in [1.54, 1.807) is 13.0 Å². The van der Waals surface area contributed by atoms with E-state index in [0.717, 1.165) is 44.2 Å². The molecule has 0 bridgehead atoms. The molecule has 1 rings (SSSR count). The summed E-state index contributed by atoms with van der Waals surface area (Å²) in [4.78, 5) is 24.2. The fourth-order valence-electron chi connectivity index (χ4n) is 3.18. The third-order valence-electron chi connectivity index (χ3n) is 5.14. The summed E-state index contributed by atoms with van der Waals surface area (Å²) in [6.45, 7) is 3.73. The third kappa shape index (κ3) is 16.1. The van der Waals surface area contributed by atoms with E-state index in [2.05, 4.69) is 61.6 Å². The number of allylic oxidation sites excluding steroid dienone is 12. The van der Waals surface area contributed by atoms with Gasteiger partial charge >= 0.3 is 18.1 Å². The first kappa shape index (κ1) is 33.4. The maximum absolute atomic E-state index is 13.0. The van der Waals surface area contributed by atoms with E-state index in [4.69, 9.17) is 9.47 Å². The number of rotatable bonds is 17. The van der Waals surface area contributed by atoms with Crippen LogP contribution in [0.2, 0.25) is 0 Å². The fraction of sp³-hybridized carbons (Fsp3) is 0.375. The summed E-state index contributed by atoms with van der Waals surface area (Å²) < 4.78 is 49.1. The van der Waals surface area contributed by atoms with Crippen molar-refractivity contribution in [3.8, 4) is 5.75 Å². The predicted octanol–water partition coefficient (Wildman–Crippen LogP) is 9.27. The van der Waals surface area contributed by atoms with Gasteiger partial charge in [0, 0.05) is 6.42 Å². The molecule has 0 aromatic heterocycles. The van der Waals surface area contributed by atoms with E-state index in [9.17, 15) is 22.8 Å². The predicted molar refractivity (Wildman–Crippen MR) is 150 cm³/mol. The lowest BCUT2D eigenvalue weighted by atomic mass is 10.1. The second-order valence-electron chi connectivity index (χ2n) is 8.36. The minimum absolute atomic E-state index is 0.0376. The summed E-state index contributed by atoms with van der Waals surface area (Å²) in [5.74, 6) is -2.05. The van der Waals surface area contributed by atoms with Crippen LogP contribution in [0.25, 0.3) is 0 Å². The molecule has 0 aliphatic carbocycles. The van der Waals surface area contributed by atoms with E-state index in [-0.39, 0.29) is 18.6 Å².